The summed E-state index contributed by atoms with van der Waals surface area (Å²) >= 11 is 0. The molecular formula is C14H28N2O. The molecule has 2 aliphatic rings. The van der Waals surface area contributed by atoms with Crippen LogP contribution in [0.15, 0.2) is 0 Å². The summed E-state index contributed by atoms with van der Waals surface area (Å²) in [5.74, 6) is 0. The third-order valence-electron chi connectivity index (χ3n) is 3.67. The Morgan fingerprint density at radius 3 is 2.76 bits per heavy atom. The van der Waals surface area contributed by atoms with Gasteiger partial charge in [-0.25, -0.2) is 0 Å². The molecule has 17 heavy (non-hydrogen) atoms. The molecule has 1 aliphatic heterocycles. The third-order valence-corrected chi connectivity index (χ3v) is 3.67. The van der Waals surface area contributed by atoms with E-state index in [4.69, 9.17) is 4.74 Å². The van der Waals surface area contributed by atoms with Gasteiger partial charge in [-0.2, -0.15) is 0 Å². The van der Waals surface area contributed by atoms with Crippen LogP contribution in [0.5, 0.6) is 0 Å². The molecule has 0 bridgehead atoms. The van der Waals surface area contributed by atoms with Gasteiger partial charge >= 0.3 is 0 Å². The van der Waals surface area contributed by atoms with Crippen molar-refractivity contribution in [3.05, 3.63) is 0 Å². The van der Waals surface area contributed by atoms with Crippen LogP contribution in [0.25, 0.3) is 0 Å². The van der Waals surface area contributed by atoms with Crippen molar-refractivity contribution in [2.45, 2.75) is 57.6 Å². The zero-order valence-electron chi connectivity index (χ0n) is 11.5. The van der Waals surface area contributed by atoms with Gasteiger partial charge in [0.2, 0.25) is 0 Å². The second-order valence-electron chi connectivity index (χ2n) is 6.17. The number of rotatable bonds is 7. The van der Waals surface area contributed by atoms with E-state index in [1.54, 1.807) is 0 Å². The Hall–Kier alpha value is -0.120. The standard InChI is InChI=1S/C14H28N2O/c1-14(2)12-16(10-11-17-14)9-5-3-4-8-15-13-6-7-13/h13,15H,3-12H2,1-2H3. The highest BCUT2D eigenvalue weighted by Gasteiger charge is 2.26. The predicted molar refractivity (Wildman–Crippen MR) is 71.3 cm³/mol. The zero-order chi connectivity index (χ0) is 12.1. The topological polar surface area (TPSA) is 24.5 Å². The summed E-state index contributed by atoms with van der Waals surface area (Å²) in [5.41, 5.74) is 0.0613. The number of hydrogen-bond acceptors (Lipinski definition) is 3. The van der Waals surface area contributed by atoms with E-state index >= 15 is 0 Å². The summed E-state index contributed by atoms with van der Waals surface area (Å²) in [4.78, 5) is 2.55. The van der Waals surface area contributed by atoms with Crippen LogP contribution in [-0.4, -0.2) is 49.3 Å². The minimum Gasteiger partial charge on any atom is -0.373 e. The lowest BCUT2D eigenvalue weighted by Gasteiger charge is -2.38. The highest BCUT2D eigenvalue weighted by atomic mass is 16.5. The first-order valence-corrected chi connectivity index (χ1v) is 7.25. The molecule has 0 unspecified atom stereocenters. The maximum atomic E-state index is 5.72. The lowest BCUT2D eigenvalue weighted by atomic mass is 10.1. The van der Waals surface area contributed by atoms with Gasteiger partial charge in [0.25, 0.3) is 0 Å². The molecule has 1 saturated heterocycles. The van der Waals surface area contributed by atoms with Gasteiger partial charge in [0.15, 0.2) is 0 Å². The monoisotopic (exact) mass is 240 g/mol. The summed E-state index contributed by atoms with van der Waals surface area (Å²) in [7, 11) is 0. The predicted octanol–water partition coefficient (Wildman–Crippen LogP) is 2.02. The largest absolute Gasteiger partial charge is 0.373 e. The SMILES string of the molecule is CC1(C)CN(CCCCCNC2CC2)CCO1. The normalized spacial score (nSPS) is 25.1. The lowest BCUT2D eigenvalue weighted by Crippen LogP contribution is -2.48. The molecule has 1 N–H and O–H groups in total. The van der Waals surface area contributed by atoms with Crippen molar-refractivity contribution in [1.82, 2.24) is 10.2 Å². The van der Waals surface area contributed by atoms with Crippen LogP contribution in [-0.2, 0) is 4.74 Å². The zero-order valence-corrected chi connectivity index (χ0v) is 11.5. The van der Waals surface area contributed by atoms with Crippen molar-refractivity contribution in [3.63, 3.8) is 0 Å². The van der Waals surface area contributed by atoms with Crippen molar-refractivity contribution in [1.29, 1.82) is 0 Å². The first-order chi connectivity index (χ1) is 8.16. The number of nitrogens with one attached hydrogen (secondary N) is 1. The van der Waals surface area contributed by atoms with Gasteiger partial charge < -0.3 is 10.1 Å². The number of hydrogen-bond donors (Lipinski definition) is 1. The Kier molecular flexibility index (Phi) is 4.83. The Morgan fingerprint density at radius 1 is 1.24 bits per heavy atom. The average Bonchev–Trinajstić information content (AvgIpc) is 3.05. The molecule has 3 heteroatoms. The van der Waals surface area contributed by atoms with Gasteiger partial charge in [0, 0.05) is 19.1 Å². The second kappa shape index (κ2) is 6.17. The van der Waals surface area contributed by atoms with Crippen LogP contribution in [0.2, 0.25) is 0 Å². The summed E-state index contributed by atoms with van der Waals surface area (Å²) in [6.45, 7) is 9.96. The molecular weight excluding hydrogens is 212 g/mol. The molecule has 100 valence electrons. The van der Waals surface area contributed by atoms with E-state index < -0.39 is 0 Å². The molecule has 0 aromatic carbocycles. The first kappa shape index (κ1) is 13.3. The van der Waals surface area contributed by atoms with Gasteiger partial charge in [-0.15, -0.1) is 0 Å². The molecule has 2 rings (SSSR count). The van der Waals surface area contributed by atoms with Gasteiger partial charge in [-0.3, -0.25) is 4.90 Å². The van der Waals surface area contributed by atoms with Crippen LogP contribution in [0.1, 0.15) is 46.0 Å². The van der Waals surface area contributed by atoms with Crippen molar-refractivity contribution in [2.75, 3.05) is 32.8 Å². The number of nitrogens with zero attached hydrogens (tertiary/aromatic N) is 1. The summed E-state index contributed by atoms with van der Waals surface area (Å²) in [6, 6.07) is 0.870. The van der Waals surface area contributed by atoms with Crippen LogP contribution in [0.4, 0.5) is 0 Å². The molecule has 0 amide bonds. The average molecular weight is 240 g/mol. The molecule has 3 nitrogen and oxygen atoms in total. The maximum Gasteiger partial charge on any atom is 0.0753 e. The molecule has 0 spiro atoms. The fourth-order valence-corrected chi connectivity index (χ4v) is 2.54. The molecule has 0 aromatic heterocycles. The molecule has 1 aliphatic carbocycles. The van der Waals surface area contributed by atoms with Gasteiger partial charge in [0.1, 0.15) is 0 Å². The highest BCUT2D eigenvalue weighted by molar-refractivity contribution is 4.81. The van der Waals surface area contributed by atoms with Crippen molar-refractivity contribution in [2.24, 2.45) is 0 Å². The lowest BCUT2D eigenvalue weighted by molar-refractivity contribution is -0.0861. The second-order valence-corrected chi connectivity index (χ2v) is 6.17. The van der Waals surface area contributed by atoms with E-state index in [0.717, 1.165) is 25.7 Å². The molecule has 1 heterocycles. The van der Waals surface area contributed by atoms with Gasteiger partial charge in [0.05, 0.1) is 12.2 Å². The van der Waals surface area contributed by atoms with Crippen LogP contribution in [0, 0.1) is 0 Å². The summed E-state index contributed by atoms with van der Waals surface area (Å²) in [6.07, 6.45) is 6.84. The molecule has 0 radical (unpaired) electrons. The molecule has 2 fully saturated rings. The van der Waals surface area contributed by atoms with E-state index in [-0.39, 0.29) is 5.60 Å². The molecule has 1 saturated carbocycles. The summed E-state index contributed by atoms with van der Waals surface area (Å²) < 4.78 is 5.72. The molecule has 0 aromatic rings. The van der Waals surface area contributed by atoms with Gasteiger partial charge in [-0.1, -0.05) is 6.42 Å². The third kappa shape index (κ3) is 5.36. The Labute approximate surface area is 106 Å². The van der Waals surface area contributed by atoms with Crippen molar-refractivity contribution >= 4 is 0 Å². The maximum absolute atomic E-state index is 5.72. The van der Waals surface area contributed by atoms with Gasteiger partial charge in [-0.05, 0) is 52.6 Å². The minimum atomic E-state index is 0.0613. The highest BCUT2D eigenvalue weighted by Crippen LogP contribution is 2.19. The van der Waals surface area contributed by atoms with E-state index in [1.807, 2.05) is 0 Å². The summed E-state index contributed by atoms with van der Waals surface area (Å²) in [5, 5.41) is 3.57. The fourth-order valence-electron chi connectivity index (χ4n) is 2.54. The van der Waals surface area contributed by atoms with E-state index in [1.165, 1.54) is 45.2 Å². The molecule has 0 atom stereocenters. The van der Waals surface area contributed by atoms with Crippen molar-refractivity contribution < 1.29 is 4.74 Å². The number of morpholine rings is 1. The quantitative estimate of drug-likeness (QED) is 0.689. The van der Waals surface area contributed by atoms with Crippen LogP contribution >= 0.6 is 0 Å². The minimum absolute atomic E-state index is 0.0613. The number of unbranched alkanes of at least 4 members (excludes halogenated alkanes) is 2. The Morgan fingerprint density at radius 2 is 2.06 bits per heavy atom. The Bertz CT molecular complexity index is 226. The first-order valence-electron chi connectivity index (χ1n) is 7.25. The Balaban J connectivity index is 1.46. The van der Waals surface area contributed by atoms with Crippen LogP contribution in [0.3, 0.4) is 0 Å². The smallest absolute Gasteiger partial charge is 0.0753 e. The van der Waals surface area contributed by atoms with E-state index in [2.05, 4.69) is 24.1 Å². The van der Waals surface area contributed by atoms with E-state index in [0.29, 0.717) is 0 Å². The van der Waals surface area contributed by atoms with Crippen molar-refractivity contribution in [3.8, 4) is 0 Å². The van der Waals surface area contributed by atoms with E-state index in [9.17, 15) is 0 Å². The van der Waals surface area contributed by atoms with Crippen LogP contribution < -0.4 is 5.32 Å². The fraction of sp³-hybridized carbons (Fsp3) is 1.00. The number of ether oxygens (including phenoxy) is 1.